The summed E-state index contributed by atoms with van der Waals surface area (Å²) in [7, 11) is -3.80. The Kier molecular flexibility index (Phi) is 7.49. The highest BCUT2D eigenvalue weighted by atomic mass is 35.5. The monoisotopic (exact) mass is 485 g/mol. The van der Waals surface area contributed by atoms with Crippen molar-refractivity contribution in [2.45, 2.75) is 25.6 Å². The van der Waals surface area contributed by atoms with E-state index in [0.717, 1.165) is 12.3 Å². The van der Waals surface area contributed by atoms with Crippen LogP contribution in [-0.2, 0) is 34.0 Å². The molecule has 0 atom stereocenters. The smallest absolute Gasteiger partial charge is 0.416 e. The minimum absolute atomic E-state index is 0.00689. The van der Waals surface area contributed by atoms with Crippen molar-refractivity contribution in [1.82, 2.24) is 0 Å². The van der Waals surface area contributed by atoms with Crippen LogP contribution in [0.5, 0.6) is 5.75 Å². The summed E-state index contributed by atoms with van der Waals surface area (Å²) in [5.74, 6) is -0.988. The Morgan fingerprint density at radius 3 is 2.20 bits per heavy atom. The molecule has 2 aromatic rings. The van der Waals surface area contributed by atoms with Crippen LogP contribution < -0.4 is 9.46 Å². The van der Waals surface area contributed by atoms with Crippen molar-refractivity contribution in [2.24, 2.45) is 0 Å². The van der Waals surface area contributed by atoms with Crippen LogP contribution in [0.1, 0.15) is 23.1 Å². The molecule has 0 saturated heterocycles. The molecule has 12 heteroatoms. The number of alkyl halides is 3. The molecule has 2 aromatic carbocycles. The van der Waals surface area contributed by atoms with Gasteiger partial charge in [-0.3, -0.25) is 9.52 Å². The van der Waals surface area contributed by atoms with E-state index in [-0.39, 0.29) is 46.5 Å². The van der Waals surface area contributed by atoms with E-state index in [1.165, 1.54) is 18.2 Å². The van der Waals surface area contributed by atoms with Crippen molar-refractivity contribution in [3.63, 3.8) is 0 Å². The van der Waals surface area contributed by atoms with Crippen molar-refractivity contribution >= 4 is 44.9 Å². The van der Waals surface area contributed by atoms with Crippen LogP contribution in [0.2, 0.25) is 10.0 Å². The fourth-order valence-corrected chi connectivity index (χ4v) is 3.70. The minimum atomic E-state index is -4.70. The van der Waals surface area contributed by atoms with E-state index in [2.05, 4.69) is 0 Å². The third-order valence-corrected chi connectivity index (χ3v) is 4.86. The number of sulfonamides is 1. The Labute approximate surface area is 180 Å². The van der Waals surface area contributed by atoms with E-state index in [4.69, 9.17) is 33.0 Å². The number of aryl methyl sites for hydroxylation is 1. The number of carboxylic acid groups (broad SMARTS) is 1. The van der Waals surface area contributed by atoms with Gasteiger partial charge in [0.2, 0.25) is 10.0 Å². The van der Waals surface area contributed by atoms with Crippen molar-refractivity contribution in [2.75, 3.05) is 11.0 Å². The van der Waals surface area contributed by atoms with Gasteiger partial charge in [0.1, 0.15) is 6.61 Å². The van der Waals surface area contributed by atoms with Gasteiger partial charge in [-0.15, -0.1) is 0 Å². The molecular formula is C18H16Cl2F3NO5S. The molecule has 0 aliphatic carbocycles. The first-order chi connectivity index (χ1) is 13.7. The standard InChI is InChI=1S/C18H16Cl2F3NO5S/c1-30(27,28)24-13-5-11(4-12(8-13)18(21,22)23)9-29-17-14(19)6-10(7-15(17)20)2-3-16(25)26/h4-8,24H,2-3,9H2,1H3,(H,25,26). The maximum Gasteiger partial charge on any atom is 0.416 e. The zero-order valence-electron chi connectivity index (χ0n) is 15.4. The SMILES string of the molecule is CS(=O)(=O)Nc1cc(COc2c(Cl)cc(CCC(=O)O)cc2Cl)cc(C(F)(F)F)c1. The summed E-state index contributed by atoms with van der Waals surface area (Å²) in [6, 6.07) is 5.58. The number of ether oxygens (including phenoxy) is 1. The molecule has 2 N–H and O–H groups in total. The highest BCUT2D eigenvalue weighted by Crippen LogP contribution is 2.36. The number of rotatable bonds is 8. The van der Waals surface area contributed by atoms with Crippen LogP contribution in [0.15, 0.2) is 30.3 Å². The molecule has 6 nitrogen and oxygen atoms in total. The summed E-state index contributed by atoms with van der Waals surface area (Å²) in [6.07, 6.45) is -3.84. The Hall–Kier alpha value is -2.17. The lowest BCUT2D eigenvalue weighted by Crippen LogP contribution is -2.13. The number of hydrogen-bond donors (Lipinski definition) is 2. The number of carbonyl (C=O) groups is 1. The molecule has 30 heavy (non-hydrogen) atoms. The van der Waals surface area contributed by atoms with Gasteiger partial charge in [-0.25, -0.2) is 8.42 Å². The van der Waals surface area contributed by atoms with Gasteiger partial charge in [0, 0.05) is 12.1 Å². The number of aliphatic carboxylic acids is 1. The van der Waals surface area contributed by atoms with E-state index >= 15 is 0 Å². The summed E-state index contributed by atoms with van der Waals surface area (Å²) in [4.78, 5) is 10.7. The molecule has 2 rings (SSSR count). The second kappa shape index (κ2) is 9.32. The Bertz CT molecular complexity index is 1040. The first kappa shape index (κ1) is 24.1. The molecule has 0 aliphatic rings. The second-order valence-electron chi connectivity index (χ2n) is 6.36. The Balaban J connectivity index is 2.28. The van der Waals surface area contributed by atoms with Gasteiger partial charge < -0.3 is 9.84 Å². The maximum atomic E-state index is 13.1. The summed E-state index contributed by atoms with van der Waals surface area (Å²) >= 11 is 12.2. The average molecular weight is 486 g/mol. The van der Waals surface area contributed by atoms with Crippen molar-refractivity contribution < 1.29 is 36.2 Å². The van der Waals surface area contributed by atoms with Gasteiger partial charge in [0.15, 0.2) is 5.75 Å². The molecule has 0 saturated carbocycles. The minimum Gasteiger partial charge on any atom is -0.486 e. The van der Waals surface area contributed by atoms with Crippen LogP contribution >= 0.6 is 23.2 Å². The first-order valence-electron chi connectivity index (χ1n) is 8.26. The van der Waals surface area contributed by atoms with Crippen molar-refractivity contribution in [3.8, 4) is 5.75 Å². The molecule has 0 unspecified atom stereocenters. The van der Waals surface area contributed by atoms with Gasteiger partial charge in [-0.2, -0.15) is 13.2 Å². The number of carboxylic acids is 1. The van der Waals surface area contributed by atoms with E-state index in [1.807, 2.05) is 4.72 Å². The zero-order valence-corrected chi connectivity index (χ0v) is 17.7. The van der Waals surface area contributed by atoms with Gasteiger partial charge in [0.25, 0.3) is 0 Å². The molecule has 0 spiro atoms. The molecular weight excluding hydrogens is 470 g/mol. The first-order valence-corrected chi connectivity index (χ1v) is 10.9. The molecule has 0 heterocycles. The molecule has 0 amide bonds. The normalized spacial score (nSPS) is 11.9. The highest BCUT2D eigenvalue weighted by Gasteiger charge is 2.31. The predicted octanol–water partition coefficient (Wildman–Crippen LogP) is 4.98. The van der Waals surface area contributed by atoms with Gasteiger partial charge in [-0.1, -0.05) is 23.2 Å². The average Bonchev–Trinajstić information content (AvgIpc) is 2.56. The molecule has 0 aliphatic heterocycles. The lowest BCUT2D eigenvalue weighted by atomic mass is 10.1. The summed E-state index contributed by atoms with van der Waals surface area (Å²) in [5, 5.41) is 8.86. The molecule has 0 bridgehead atoms. The number of halogens is 5. The van der Waals surface area contributed by atoms with Crippen LogP contribution in [0.3, 0.4) is 0 Å². The summed E-state index contributed by atoms with van der Waals surface area (Å²) < 4.78 is 69.6. The largest absolute Gasteiger partial charge is 0.486 e. The van der Waals surface area contributed by atoms with E-state index < -0.39 is 27.7 Å². The predicted molar refractivity (Wildman–Crippen MR) is 107 cm³/mol. The Morgan fingerprint density at radius 2 is 1.70 bits per heavy atom. The van der Waals surface area contributed by atoms with Crippen molar-refractivity contribution in [1.29, 1.82) is 0 Å². The quantitative estimate of drug-likeness (QED) is 0.549. The molecule has 0 fully saturated rings. The van der Waals surface area contributed by atoms with Crippen LogP contribution in [0.25, 0.3) is 0 Å². The lowest BCUT2D eigenvalue weighted by molar-refractivity contribution is -0.138. The fourth-order valence-electron chi connectivity index (χ4n) is 2.51. The van der Waals surface area contributed by atoms with Crippen LogP contribution in [0, 0.1) is 0 Å². The highest BCUT2D eigenvalue weighted by molar-refractivity contribution is 7.92. The number of anilines is 1. The zero-order chi connectivity index (χ0) is 22.7. The second-order valence-corrected chi connectivity index (χ2v) is 8.92. The third kappa shape index (κ3) is 7.26. The number of nitrogens with one attached hydrogen (secondary N) is 1. The molecule has 0 aromatic heterocycles. The maximum absolute atomic E-state index is 13.1. The van der Waals surface area contributed by atoms with Crippen molar-refractivity contribution in [3.05, 3.63) is 57.1 Å². The number of hydrogen-bond acceptors (Lipinski definition) is 4. The van der Waals surface area contributed by atoms with Crippen LogP contribution in [-0.4, -0.2) is 25.7 Å². The van der Waals surface area contributed by atoms with E-state index in [9.17, 15) is 26.4 Å². The molecule has 164 valence electrons. The Morgan fingerprint density at radius 1 is 1.10 bits per heavy atom. The number of benzene rings is 2. The van der Waals surface area contributed by atoms with Gasteiger partial charge in [0.05, 0.1) is 21.9 Å². The topological polar surface area (TPSA) is 92.7 Å². The van der Waals surface area contributed by atoms with Crippen LogP contribution in [0.4, 0.5) is 18.9 Å². The summed E-state index contributed by atoms with van der Waals surface area (Å²) in [5.41, 5.74) is -0.750. The van der Waals surface area contributed by atoms with Gasteiger partial charge in [-0.05, 0) is 47.9 Å². The molecule has 0 radical (unpaired) electrons. The lowest BCUT2D eigenvalue weighted by Gasteiger charge is -2.15. The van der Waals surface area contributed by atoms with Gasteiger partial charge >= 0.3 is 12.1 Å². The fraction of sp³-hybridized carbons (Fsp3) is 0.278. The van der Waals surface area contributed by atoms with E-state index in [1.54, 1.807) is 0 Å². The van der Waals surface area contributed by atoms with E-state index in [0.29, 0.717) is 11.6 Å². The summed E-state index contributed by atoms with van der Waals surface area (Å²) in [6.45, 7) is -0.379. The third-order valence-electron chi connectivity index (χ3n) is 3.69.